The van der Waals surface area contributed by atoms with Crippen molar-refractivity contribution >= 4 is 17.7 Å². The molecule has 0 bridgehead atoms. The fraction of sp³-hybridized carbons (Fsp3) is 0.400. The second-order valence-corrected chi connectivity index (χ2v) is 7.42. The van der Waals surface area contributed by atoms with Gasteiger partial charge in [-0.15, -0.1) is 11.8 Å². The van der Waals surface area contributed by atoms with Gasteiger partial charge in [0.2, 0.25) is 5.88 Å². The summed E-state index contributed by atoms with van der Waals surface area (Å²) in [6.07, 6.45) is 0. The normalized spacial score (nSPS) is 17.2. The van der Waals surface area contributed by atoms with E-state index in [1.165, 1.54) is 0 Å². The monoisotopic (exact) mass is 372 g/mol. The standard InChI is InChI=1S/C20H24N2O3S/c1-5-24-20(23)17-13(4)25-19(22)15(10-21)18(17)14-8-6-7-9-16(14)26-11-12(2)3/h6-9,12,18H,5,11,22H2,1-4H3. The van der Waals surface area contributed by atoms with Gasteiger partial charge in [-0.2, -0.15) is 5.26 Å². The average molecular weight is 372 g/mol. The van der Waals surface area contributed by atoms with Gasteiger partial charge in [0.05, 0.1) is 18.1 Å². The topological polar surface area (TPSA) is 85.3 Å². The van der Waals surface area contributed by atoms with Gasteiger partial charge >= 0.3 is 5.97 Å². The minimum atomic E-state index is -0.594. The smallest absolute Gasteiger partial charge is 0.338 e. The second-order valence-electron chi connectivity index (χ2n) is 6.36. The van der Waals surface area contributed by atoms with Crippen molar-refractivity contribution < 1.29 is 14.3 Å². The Bertz CT molecular complexity index is 790. The molecule has 1 aliphatic rings. The molecule has 0 saturated heterocycles. The molecule has 1 aromatic carbocycles. The Morgan fingerprint density at radius 3 is 2.73 bits per heavy atom. The lowest BCUT2D eigenvalue weighted by atomic mass is 9.83. The minimum Gasteiger partial charge on any atom is -0.463 e. The maximum absolute atomic E-state index is 12.6. The molecule has 5 nitrogen and oxygen atoms in total. The van der Waals surface area contributed by atoms with Gasteiger partial charge in [-0.1, -0.05) is 32.0 Å². The van der Waals surface area contributed by atoms with Crippen LogP contribution in [0.15, 0.2) is 51.9 Å². The predicted molar refractivity (Wildman–Crippen MR) is 102 cm³/mol. The fourth-order valence-corrected chi connectivity index (χ4v) is 3.81. The van der Waals surface area contributed by atoms with Gasteiger partial charge in [0.25, 0.3) is 0 Å². The molecule has 1 heterocycles. The van der Waals surface area contributed by atoms with Crippen molar-refractivity contribution in [3.05, 3.63) is 52.6 Å². The van der Waals surface area contributed by atoms with Crippen LogP contribution in [0.2, 0.25) is 0 Å². The van der Waals surface area contributed by atoms with Crippen molar-refractivity contribution in [1.29, 1.82) is 5.26 Å². The highest BCUT2D eigenvalue weighted by Crippen LogP contribution is 2.43. The fourth-order valence-electron chi connectivity index (χ4n) is 2.77. The van der Waals surface area contributed by atoms with Crippen LogP contribution in [0.4, 0.5) is 0 Å². The molecule has 0 aliphatic carbocycles. The van der Waals surface area contributed by atoms with Gasteiger partial charge in [0, 0.05) is 10.6 Å². The summed E-state index contributed by atoms with van der Waals surface area (Å²) in [6, 6.07) is 9.89. The third-order valence-electron chi connectivity index (χ3n) is 3.90. The quantitative estimate of drug-likeness (QED) is 0.598. The van der Waals surface area contributed by atoms with Crippen LogP contribution in [0.3, 0.4) is 0 Å². The molecule has 1 unspecified atom stereocenters. The molecule has 138 valence electrons. The van der Waals surface area contributed by atoms with Crippen molar-refractivity contribution in [2.75, 3.05) is 12.4 Å². The van der Waals surface area contributed by atoms with Crippen LogP contribution >= 0.6 is 11.8 Å². The summed E-state index contributed by atoms with van der Waals surface area (Å²) >= 11 is 1.70. The maximum atomic E-state index is 12.6. The molecule has 1 aliphatic heterocycles. The number of nitrogens with two attached hydrogens (primary N) is 1. The van der Waals surface area contributed by atoms with Crippen molar-refractivity contribution in [2.45, 2.75) is 38.5 Å². The number of hydrogen-bond donors (Lipinski definition) is 1. The van der Waals surface area contributed by atoms with E-state index in [0.29, 0.717) is 17.3 Å². The van der Waals surface area contributed by atoms with E-state index >= 15 is 0 Å². The number of allylic oxidation sites excluding steroid dienone is 2. The first-order valence-electron chi connectivity index (χ1n) is 8.57. The maximum Gasteiger partial charge on any atom is 0.338 e. The number of benzene rings is 1. The van der Waals surface area contributed by atoms with Gasteiger partial charge < -0.3 is 15.2 Å². The Kier molecular flexibility index (Phi) is 6.76. The zero-order valence-electron chi connectivity index (χ0n) is 15.5. The van der Waals surface area contributed by atoms with Gasteiger partial charge in [-0.05, 0) is 31.4 Å². The van der Waals surface area contributed by atoms with Crippen LogP contribution in [0, 0.1) is 17.2 Å². The summed E-state index contributed by atoms with van der Waals surface area (Å²) < 4.78 is 10.7. The summed E-state index contributed by atoms with van der Waals surface area (Å²) in [4.78, 5) is 13.6. The van der Waals surface area contributed by atoms with Crippen LogP contribution in [0.25, 0.3) is 0 Å². The van der Waals surface area contributed by atoms with Crippen LogP contribution in [0.1, 0.15) is 39.2 Å². The van der Waals surface area contributed by atoms with Gasteiger partial charge in [0.1, 0.15) is 17.4 Å². The molecule has 0 aromatic heterocycles. The van der Waals surface area contributed by atoms with E-state index in [-0.39, 0.29) is 18.1 Å². The number of nitriles is 1. The highest BCUT2D eigenvalue weighted by atomic mass is 32.2. The first-order valence-corrected chi connectivity index (χ1v) is 9.56. The third kappa shape index (κ3) is 4.23. The Morgan fingerprint density at radius 1 is 1.42 bits per heavy atom. The van der Waals surface area contributed by atoms with E-state index in [2.05, 4.69) is 19.9 Å². The number of carbonyl (C=O) groups excluding carboxylic acids is 1. The van der Waals surface area contributed by atoms with Gasteiger partial charge in [-0.25, -0.2) is 4.79 Å². The molecule has 0 saturated carbocycles. The summed E-state index contributed by atoms with van der Waals surface area (Å²) in [7, 11) is 0. The van der Waals surface area contributed by atoms with Gasteiger partial charge in [0.15, 0.2) is 0 Å². The minimum absolute atomic E-state index is 0.0340. The van der Waals surface area contributed by atoms with Gasteiger partial charge in [-0.3, -0.25) is 0 Å². The molecule has 0 amide bonds. The average Bonchev–Trinajstić information content (AvgIpc) is 2.59. The number of nitrogens with zero attached hydrogens (tertiary/aromatic N) is 1. The lowest BCUT2D eigenvalue weighted by molar-refractivity contribution is -0.139. The third-order valence-corrected chi connectivity index (χ3v) is 5.42. The molecule has 2 rings (SSSR count). The SMILES string of the molecule is CCOC(=O)C1=C(C)OC(N)=C(C#N)C1c1ccccc1SCC(C)C. The molecular weight excluding hydrogens is 348 g/mol. The molecule has 0 fully saturated rings. The zero-order valence-corrected chi connectivity index (χ0v) is 16.4. The molecular formula is C20H24N2O3S. The lowest BCUT2D eigenvalue weighted by Gasteiger charge is -2.28. The highest BCUT2D eigenvalue weighted by Gasteiger charge is 2.37. The second kappa shape index (κ2) is 8.81. The Balaban J connectivity index is 2.59. The number of carbonyl (C=O) groups is 1. The number of rotatable bonds is 6. The Morgan fingerprint density at radius 2 is 2.12 bits per heavy atom. The molecule has 0 spiro atoms. The van der Waals surface area contributed by atoms with Crippen LogP contribution < -0.4 is 5.73 Å². The Hall–Kier alpha value is -2.39. The number of esters is 1. The number of thioether (sulfide) groups is 1. The summed E-state index contributed by atoms with van der Waals surface area (Å²) in [5.74, 6) is 0.766. The molecule has 0 radical (unpaired) electrons. The Labute approximate surface area is 158 Å². The molecule has 26 heavy (non-hydrogen) atoms. The van der Waals surface area contributed by atoms with Crippen LogP contribution in [-0.2, 0) is 14.3 Å². The van der Waals surface area contributed by atoms with Crippen molar-refractivity contribution in [3.8, 4) is 6.07 Å². The first kappa shape index (κ1) is 19.9. The van der Waals surface area contributed by atoms with E-state index in [4.69, 9.17) is 15.2 Å². The van der Waals surface area contributed by atoms with Crippen molar-refractivity contribution in [1.82, 2.24) is 0 Å². The number of hydrogen-bond acceptors (Lipinski definition) is 6. The molecule has 1 atom stereocenters. The summed E-state index contributed by atoms with van der Waals surface area (Å²) in [5, 5.41) is 9.67. The highest BCUT2D eigenvalue weighted by molar-refractivity contribution is 7.99. The number of ether oxygens (including phenoxy) is 2. The van der Waals surface area contributed by atoms with E-state index < -0.39 is 11.9 Å². The summed E-state index contributed by atoms with van der Waals surface area (Å²) in [5.41, 5.74) is 7.38. The summed E-state index contributed by atoms with van der Waals surface area (Å²) in [6.45, 7) is 7.96. The molecule has 6 heteroatoms. The van der Waals surface area contributed by atoms with E-state index in [1.807, 2.05) is 24.3 Å². The van der Waals surface area contributed by atoms with E-state index in [9.17, 15) is 10.1 Å². The lowest BCUT2D eigenvalue weighted by Crippen LogP contribution is -2.26. The molecule has 1 aromatic rings. The molecule has 2 N–H and O–H groups in total. The predicted octanol–water partition coefficient (Wildman–Crippen LogP) is 4.08. The van der Waals surface area contributed by atoms with Crippen molar-refractivity contribution in [3.63, 3.8) is 0 Å². The largest absolute Gasteiger partial charge is 0.463 e. The van der Waals surface area contributed by atoms with Crippen LogP contribution in [0.5, 0.6) is 0 Å². The van der Waals surface area contributed by atoms with Crippen molar-refractivity contribution in [2.24, 2.45) is 11.7 Å². The van der Waals surface area contributed by atoms with Crippen LogP contribution in [-0.4, -0.2) is 18.3 Å². The van der Waals surface area contributed by atoms with E-state index in [1.54, 1.807) is 25.6 Å². The zero-order chi connectivity index (χ0) is 19.3. The van der Waals surface area contributed by atoms with E-state index in [0.717, 1.165) is 16.2 Å². The first-order chi connectivity index (χ1) is 12.4.